The molecule has 0 rings (SSSR count). The summed E-state index contributed by atoms with van der Waals surface area (Å²) in [6.07, 6.45) is 12.1. The fourth-order valence-corrected chi connectivity index (χ4v) is 1.78. The summed E-state index contributed by atoms with van der Waals surface area (Å²) < 4.78 is 0. The van der Waals surface area contributed by atoms with Gasteiger partial charge in [0.05, 0.1) is 0 Å². The van der Waals surface area contributed by atoms with Crippen LogP contribution in [0.4, 0.5) is 0 Å². The first-order chi connectivity index (χ1) is 6.56. The van der Waals surface area contributed by atoms with Gasteiger partial charge in [-0.15, -0.1) is 23.8 Å². The first-order valence-corrected chi connectivity index (χ1v) is 9.00. The Morgan fingerprint density at radius 2 is 1.50 bits per heavy atom. The number of hydrogen-bond acceptors (Lipinski definition) is 0. The van der Waals surface area contributed by atoms with Crippen LogP contribution in [0.25, 0.3) is 0 Å². The van der Waals surface area contributed by atoms with Gasteiger partial charge in [0.2, 0.25) is 0 Å². The van der Waals surface area contributed by atoms with Crippen LogP contribution in [0.1, 0.15) is 38.5 Å². The van der Waals surface area contributed by atoms with Crippen molar-refractivity contribution in [2.75, 3.05) is 0 Å². The van der Waals surface area contributed by atoms with Crippen LogP contribution in [0, 0.1) is 23.8 Å². The maximum Gasteiger partial charge on any atom is 0.129 e. The summed E-state index contributed by atoms with van der Waals surface area (Å²) in [5.41, 5.74) is 3.38. The molecule has 0 aromatic carbocycles. The summed E-state index contributed by atoms with van der Waals surface area (Å²) in [5.74, 6) is 5.95. The zero-order valence-electron chi connectivity index (χ0n) is 9.82. The summed E-state index contributed by atoms with van der Waals surface area (Å²) in [6.45, 7) is 6.85. The Labute approximate surface area is 90.5 Å². The van der Waals surface area contributed by atoms with Gasteiger partial charge in [-0.25, -0.2) is 0 Å². The van der Waals surface area contributed by atoms with E-state index in [1.54, 1.807) is 0 Å². The van der Waals surface area contributed by atoms with Gasteiger partial charge in [0.15, 0.2) is 0 Å². The highest BCUT2D eigenvalue weighted by Gasteiger charge is 2.06. The van der Waals surface area contributed by atoms with Gasteiger partial charge in [0.1, 0.15) is 8.07 Å². The summed E-state index contributed by atoms with van der Waals surface area (Å²) in [4.78, 5) is 0. The molecule has 0 unspecified atom stereocenters. The lowest BCUT2D eigenvalue weighted by molar-refractivity contribution is 0.661. The Morgan fingerprint density at radius 1 is 0.929 bits per heavy atom. The number of terminal acetylenes is 1. The molecule has 0 aliphatic heterocycles. The second-order valence-corrected chi connectivity index (χ2v) is 9.42. The van der Waals surface area contributed by atoms with Crippen molar-refractivity contribution in [3.8, 4) is 23.8 Å². The van der Waals surface area contributed by atoms with E-state index in [-0.39, 0.29) is 0 Å². The normalized spacial score (nSPS) is 10.1. The Kier molecular flexibility index (Phi) is 7.35. The van der Waals surface area contributed by atoms with Gasteiger partial charge in [0, 0.05) is 12.8 Å². The van der Waals surface area contributed by atoms with Crippen molar-refractivity contribution in [2.24, 2.45) is 0 Å². The summed E-state index contributed by atoms with van der Waals surface area (Å²) in [6, 6.07) is 0. The molecule has 0 fully saturated rings. The lowest BCUT2D eigenvalue weighted by atomic mass is 10.1. The second kappa shape index (κ2) is 7.71. The van der Waals surface area contributed by atoms with E-state index in [9.17, 15) is 0 Å². The molecule has 0 aromatic rings. The quantitative estimate of drug-likeness (QED) is 0.364. The first-order valence-electron chi connectivity index (χ1n) is 5.50. The molecule has 0 heterocycles. The minimum atomic E-state index is -1.13. The van der Waals surface area contributed by atoms with E-state index in [1.807, 2.05) is 0 Å². The highest BCUT2D eigenvalue weighted by molar-refractivity contribution is 6.83. The molecule has 0 bridgehead atoms. The van der Waals surface area contributed by atoms with Crippen molar-refractivity contribution < 1.29 is 0 Å². The molecular weight excluding hydrogens is 184 g/mol. The average Bonchev–Trinajstić information content (AvgIpc) is 2.08. The molecular formula is C13H22Si. The first kappa shape index (κ1) is 13.3. The van der Waals surface area contributed by atoms with E-state index in [2.05, 4.69) is 37.0 Å². The van der Waals surface area contributed by atoms with Crippen molar-refractivity contribution in [3.05, 3.63) is 0 Å². The van der Waals surface area contributed by atoms with E-state index < -0.39 is 8.07 Å². The van der Waals surface area contributed by atoms with Crippen LogP contribution in [0.5, 0.6) is 0 Å². The lowest BCUT2D eigenvalue weighted by Crippen LogP contribution is -2.16. The van der Waals surface area contributed by atoms with Crippen molar-refractivity contribution >= 4 is 8.07 Å². The maximum atomic E-state index is 5.17. The van der Waals surface area contributed by atoms with Crippen LogP contribution in [-0.2, 0) is 0 Å². The maximum absolute atomic E-state index is 5.17. The van der Waals surface area contributed by atoms with Gasteiger partial charge < -0.3 is 0 Å². The molecule has 78 valence electrons. The average molecular weight is 206 g/mol. The third-order valence-electron chi connectivity index (χ3n) is 1.84. The summed E-state index contributed by atoms with van der Waals surface area (Å²) >= 11 is 0. The van der Waals surface area contributed by atoms with E-state index in [1.165, 1.54) is 25.7 Å². The third-order valence-corrected chi connectivity index (χ3v) is 2.76. The smallest absolute Gasteiger partial charge is 0.129 e. The topological polar surface area (TPSA) is 0 Å². The standard InChI is InChI=1S/C13H22Si/c1-5-6-7-8-9-10-11-12-13-14(2,3)4/h1H,6-11H2,2-4H3. The van der Waals surface area contributed by atoms with Crippen molar-refractivity contribution in [1.29, 1.82) is 0 Å². The molecule has 1 heteroatoms. The zero-order valence-corrected chi connectivity index (χ0v) is 10.8. The van der Waals surface area contributed by atoms with Crippen molar-refractivity contribution in [3.63, 3.8) is 0 Å². The van der Waals surface area contributed by atoms with Crippen LogP contribution < -0.4 is 0 Å². The number of unbranched alkanes of at least 4 members (excludes halogenated alkanes) is 5. The zero-order chi connectivity index (χ0) is 10.9. The highest BCUT2D eigenvalue weighted by Crippen LogP contribution is 2.04. The van der Waals surface area contributed by atoms with Crippen LogP contribution >= 0.6 is 0 Å². The van der Waals surface area contributed by atoms with Gasteiger partial charge in [-0.2, -0.15) is 0 Å². The molecule has 0 aromatic heterocycles. The minimum Gasteiger partial charge on any atom is -0.132 e. The molecule has 0 nitrogen and oxygen atoms in total. The predicted octanol–water partition coefficient (Wildman–Crippen LogP) is 3.84. The highest BCUT2D eigenvalue weighted by atomic mass is 28.3. The molecule has 0 aliphatic rings. The van der Waals surface area contributed by atoms with Crippen LogP contribution in [0.15, 0.2) is 0 Å². The van der Waals surface area contributed by atoms with Gasteiger partial charge in [-0.05, 0) is 12.8 Å². The lowest BCUT2D eigenvalue weighted by Gasteiger charge is -2.03. The van der Waals surface area contributed by atoms with Crippen molar-refractivity contribution in [1.82, 2.24) is 0 Å². The van der Waals surface area contributed by atoms with Gasteiger partial charge in [-0.1, -0.05) is 32.5 Å². The second-order valence-electron chi connectivity index (χ2n) is 4.67. The molecule has 0 spiro atoms. The molecule has 0 aliphatic carbocycles. The Balaban J connectivity index is 3.29. The Hall–Kier alpha value is -0.663. The predicted molar refractivity (Wildman–Crippen MR) is 67.7 cm³/mol. The van der Waals surface area contributed by atoms with Crippen LogP contribution in [-0.4, -0.2) is 8.07 Å². The van der Waals surface area contributed by atoms with Crippen LogP contribution in [0.2, 0.25) is 19.6 Å². The molecule has 14 heavy (non-hydrogen) atoms. The number of hydrogen-bond donors (Lipinski definition) is 0. The fraction of sp³-hybridized carbons (Fsp3) is 0.692. The monoisotopic (exact) mass is 206 g/mol. The van der Waals surface area contributed by atoms with E-state index >= 15 is 0 Å². The largest absolute Gasteiger partial charge is 0.132 e. The molecule has 0 amide bonds. The van der Waals surface area contributed by atoms with E-state index in [4.69, 9.17) is 6.42 Å². The van der Waals surface area contributed by atoms with Gasteiger partial charge >= 0.3 is 0 Å². The fourth-order valence-electron chi connectivity index (χ4n) is 1.12. The molecule has 0 saturated carbocycles. The Bertz CT molecular complexity index is 229. The van der Waals surface area contributed by atoms with Gasteiger partial charge in [0.25, 0.3) is 0 Å². The minimum absolute atomic E-state index is 0.931. The molecule has 0 radical (unpaired) electrons. The summed E-state index contributed by atoms with van der Waals surface area (Å²) in [7, 11) is -1.13. The molecule has 0 N–H and O–H groups in total. The molecule has 0 atom stereocenters. The van der Waals surface area contributed by atoms with E-state index in [0.29, 0.717) is 0 Å². The van der Waals surface area contributed by atoms with E-state index in [0.717, 1.165) is 12.8 Å². The summed E-state index contributed by atoms with van der Waals surface area (Å²) in [5, 5.41) is 0. The SMILES string of the molecule is C#CCCCCCCC#C[Si](C)(C)C. The third kappa shape index (κ3) is 11.3. The van der Waals surface area contributed by atoms with Crippen LogP contribution in [0.3, 0.4) is 0 Å². The van der Waals surface area contributed by atoms with Crippen molar-refractivity contribution in [2.45, 2.75) is 58.2 Å². The number of rotatable bonds is 5. The van der Waals surface area contributed by atoms with Gasteiger partial charge in [-0.3, -0.25) is 0 Å². The molecule has 0 saturated heterocycles. The Morgan fingerprint density at radius 3 is 2.00 bits per heavy atom.